The van der Waals surface area contributed by atoms with E-state index in [0.717, 1.165) is 35.0 Å². The van der Waals surface area contributed by atoms with Crippen LogP contribution in [-0.4, -0.2) is 30.2 Å². The number of nitrogens with one attached hydrogen (secondary N) is 2. The van der Waals surface area contributed by atoms with Gasteiger partial charge in [0.1, 0.15) is 5.82 Å². The van der Waals surface area contributed by atoms with E-state index in [0.29, 0.717) is 18.5 Å². The minimum atomic E-state index is 0.338. The van der Waals surface area contributed by atoms with Crippen LogP contribution in [0.2, 0.25) is 0 Å². The predicted octanol–water partition coefficient (Wildman–Crippen LogP) is 3.62. The Bertz CT molecular complexity index is 676. The molecule has 0 saturated carbocycles. The van der Waals surface area contributed by atoms with E-state index in [9.17, 15) is 0 Å². The highest BCUT2D eigenvalue weighted by Crippen LogP contribution is 2.27. The largest absolute Gasteiger partial charge is 0.493 e. The summed E-state index contributed by atoms with van der Waals surface area (Å²) in [4.78, 5) is 8.95. The second-order valence-electron chi connectivity index (χ2n) is 5.71. The molecule has 0 spiro atoms. The lowest BCUT2D eigenvalue weighted by Gasteiger charge is -2.14. The van der Waals surface area contributed by atoms with Gasteiger partial charge in [0.2, 0.25) is 5.95 Å². The maximum Gasteiger partial charge on any atom is 0.225 e. The van der Waals surface area contributed by atoms with E-state index in [1.165, 1.54) is 0 Å². The average molecular weight is 330 g/mol. The number of rotatable bonds is 8. The van der Waals surface area contributed by atoms with Crippen molar-refractivity contribution < 1.29 is 9.47 Å². The second kappa shape index (κ2) is 8.38. The number of hydrogen-bond acceptors (Lipinski definition) is 6. The van der Waals surface area contributed by atoms with Gasteiger partial charge in [0.15, 0.2) is 11.5 Å². The zero-order valence-electron chi connectivity index (χ0n) is 15.0. The van der Waals surface area contributed by atoms with E-state index in [4.69, 9.17) is 9.47 Å². The van der Waals surface area contributed by atoms with E-state index in [1.807, 2.05) is 31.2 Å². The van der Waals surface area contributed by atoms with Crippen LogP contribution in [0.15, 0.2) is 24.3 Å². The summed E-state index contributed by atoms with van der Waals surface area (Å²) >= 11 is 0. The van der Waals surface area contributed by atoms with Gasteiger partial charge < -0.3 is 20.1 Å². The van der Waals surface area contributed by atoms with E-state index in [1.54, 1.807) is 14.2 Å². The third-order valence-corrected chi connectivity index (χ3v) is 3.76. The fourth-order valence-corrected chi connectivity index (χ4v) is 2.23. The van der Waals surface area contributed by atoms with Crippen LogP contribution < -0.4 is 20.1 Å². The Balaban J connectivity index is 2.08. The molecule has 1 heterocycles. The Kier molecular flexibility index (Phi) is 6.23. The number of aryl methyl sites for hydroxylation is 1. The molecule has 2 rings (SSSR count). The molecule has 1 unspecified atom stereocenters. The SMILES string of the molecule is CCC(C)Nc1nc(C)cc(NCc2ccc(OC)c(OC)c2)n1. The normalized spacial score (nSPS) is 11.7. The van der Waals surface area contributed by atoms with Crippen molar-refractivity contribution in [2.24, 2.45) is 0 Å². The maximum atomic E-state index is 5.33. The van der Waals surface area contributed by atoms with Crippen LogP contribution in [0.25, 0.3) is 0 Å². The van der Waals surface area contributed by atoms with Crippen molar-refractivity contribution in [1.82, 2.24) is 9.97 Å². The molecule has 24 heavy (non-hydrogen) atoms. The highest BCUT2D eigenvalue weighted by atomic mass is 16.5. The standard InChI is InChI=1S/C18H26N4O2/c1-6-12(2)20-18-21-13(3)9-17(22-18)19-11-14-7-8-15(23-4)16(10-14)24-5/h7-10,12H,6,11H2,1-5H3,(H2,19,20,21,22). The minimum Gasteiger partial charge on any atom is -0.493 e. The van der Waals surface area contributed by atoms with Gasteiger partial charge >= 0.3 is 0 Å². The number of nitrogens with zero attached hydrogens (tertiary/aromatic N) is 2. The van der Waals surface area contributed by atoms with Crippen LogP contribution in [0.4, 0.5) is 11.8 Å². The van der Waals surface area contributed by atoms with Gasteiger partial charge in [-0.05, 0) is 38.0 Å². The van der Waals surface area contributed by atoms with E-state index in [-0.39, 0.29) is 0 Å². The second-order valence-corrected chi connectivity index (χ2v) is 5.71. The number of benzene rings is 1. The Labute approximate surface area is 143 Å². The molecule has 0 amide bonds. The van der Waals surface area contributed by atoms with Crippen LogP contribution in [0.5, 0.6) is 11.5 Å². The van der Waals surface area contributed by atoms with E-state index in [2.05, 4.69) is 34.4 Å². The first kappa shape index (κ1) is 17.8. The Morgan fingerprint density at radius 3 is 2.50 bits per heavy atom. The molecule has 2 N–H and O–H groups in total. The minimum absolute atomic E-state index is 0.338. The van der Waals surface area contributed by atoms with Crippen molar-refractivity contribution in [3.63, 3.8) is 0 Å². The number of ether oxygens (including phenoxy) is 2. The summed E-state index contributed by atoms with van der Waals surface area (Å²) in [5.74, 6) is 2.89. The zero-order chi connectivity index (χ0) is 17.5. The van der Waals surface area contributed by atoms with Gasteiger partial charge in [0, 0.05) is 24.3 Å². The van der Waals surface area contributed by atoms with Crippen molar-refractivity contribution in [2.45, 2.75) is 39.8 Å². The molecule has 6 heteroatoms. The molecule has 1 atom stereocenters. The van der Waals surface area contributed by atoms with E-state index < -0.39 is 0 Å². The topological polar surface area (TPSA) is 68.3 Å². The highest BCUT2D eigenvalue weighted by molar-refractivity contribution is 5.46. The summed E-state index contributed by atoms with van der Waals surface area (Å²) < 4.78 is 10.6. The molecule has 0 radical (unpaired) electrons. The van der Waals surface area contributed by atoms with Crippen LogP contribution in [0.3, 0.4) is 0 Å². The summed E-state index contributed by atoms with van der Waals surface area (Å²) in [5.41, 5.74) is 2.01. The van der Waals surface area contributed by atoms with Gasteiger partial charge in [-0.3, -0.25) is 0 Å². The van der Waals surface area contributed by atoms with Crippen molar-refractivity contribution in [1.29, 1.82) is 0 Å². The fraction of sp³-hybridized carbons (Fsp3) is 0.444. The van der Waals surface area contributed by atoms with Gasteiger partial charge in [0.25, 0.3) is 0 Å². The summed E-state index contributed by atoms with van der Waals surface area (Å²) in [7, 11) is 3.26. The summed E-state index contributed by atoms with van der Waals surface area (Å²) in [6.07, 6.45) is 1.02. The fourth-order valence-electron chi connectivity index (χ4n) is 2.23. The third-order valence-electron chi connectivity index (χ3n) is 3.76. The molecule has 1 aromatic heterocycles. The van der Waals surface area contributed by atoms with Crippen molar-refractivity contribution in [3.8, 4) is 11.5 Å². The highest BCUT2D eigenvalue weighted by Gasteiger charge is 2.07. The molecule has 6 nitrogen and oxygen atoms in total. The maximum absolute atomic E-state index is 5.33. The number of anilines is 2. The molecule has 0 saturated heterocycles. The molecule has 0 aliphatic carbocycles. The van der Waals surface area contributed by atoms with Crippen LogP contribution >= 0.6 is 0 Å². The van der Waals surface area contributed by atoms with Crippen molar-refractivity contribution in [2.75, 3.05) is 24.9 Å². The smallest absolute Gasteiger partial charge is 0.225 e. The summed E-state index contributed by atoms with van der Waals surface area (Å²) in [6, 6.07) is 8.13. The van der Waals surface area contributed by atoms with E-state index >= 15 is 0 Å². The van der Waals surface area contributed by atoms with Crippen LogP contribution in [0.1, 0.15) is 31.5 Å². The summed E-state index contributed by atoms with van der Waals surface area (Å²) in [6.45, 7) is 6.84. The lowest BCUT2D eigenvalue weighted by molar-refractivity contribution is 0.354. The number of methoxy groups -OCH3 is 2. The average Bonchev–Trinajstić information content (AvgIpc) is 2.59. The van der Waals surface area contributed by atoms with Crippen molar-refractivity contribution in [3.05, 3.63) is 35.5 Å². The quantitative estimate of drug-likeness (QED) is 0.770. The van der Waals surface area contributed by atoms with Crippen molar-refractivity contribution >= 4 is 11.8 Å². The number of aromatic nitrogens is 2. The Morgan fingerprint density at radius 1 is 1.08 bits per heavy atom. The lowest BCUT2D eigenvalue weighted by Crippen LogP contribution is -2.16. The lowest BCUT2D eigenvalue weighted by atomic mass is 10.2. The monoisotopic (exact) mass is 330 g/mol. The van der Waals surface area contributed by atoms with Gasteiger partial charge in [-0.15, -0.1) is 0 Å². The van der Waals surface area contributed by atoms with Gasteiger partial charge in [0.05, 0.1) is 14.2 Å². The van der Waals surface area contributed by atoms with Gasteiger partial charge in [-0.25, -0.2) is 4.98 Å². The van der Waals surface area contributed by atoms with Gasteiger partial charge in [-0.2, -0.15) is 4.98 Å². The molecular weight excluding hydrogens is 304 g/mol. The zero-order valence-corrected chi connectivity index (χ0v) is 15.0. The summed E-state index contributed by atoms with van der Waals surface area (Å²) in [5, 5.41) is 6.64. The molecule has 0 bridgehead atoms. The predicted molar refractivity (Wildman–Crippen MR) is 97.0 cm³/mol. The van der Waals surface area contributed by atoms with Gasteiger partial charge in [-0.1, -0.05) is 13.0 Å². The molecular formula is C18H26N4O2. The van der Waals surface area contributed by atoms with Crippen LogP contribution in [-0.2, 0) is 6.54 Å². The Morgan fingerprint density at radius 2 is 1.83 bits per heavy atom. The third kappa shape index (κ3) is 4.75. The molecule has 1 aromatic carbocycles. The Hall–Kier alpha value is -2.50. The molecule has 130 valence electrons. The number of hydrogen-bond donors (Lipinski definition) is 2. The first-order valence-electron chi connectivity index (χ1n) is 8.12. The first-order valence-corrected chi connectivity index (χ1v) is 8.12. The molecule has 0 fully saturated rings. The molecule has 0 aliphatic rings. The molecule has 0 aliphatic heterocycles. The van der Waals surface area contributed by atoms with Crippen LogP contribution in [0, 0.1) is 6.92 Å². The molecule has 2 aromatic rings. The first-order chi connectivity index (χ1) is 11.5.